The summed E-state index contributed by atoms with van der Waals surface area (Å²) in [7, 11) is 3.35. The molecule has 100 valence electrons. The van der Waals surface area contributed by atoms with E-state index >= 15 is 0 Å². The number of rotatable bonds is 7. The minimum absolute atomic E-state index is 0.301. The summed E-state index contributed by atoms with van der Waals surface area (Å²) in [4.78, 5) is 0. The van der Waals surface area contributed by atoms with Crippen molar-refractivity contribution >= 4 is 0 Å². The van der Waals surface area contributed by atoms with Gasteiger partial charge in [-0.15, -0.1) is 0 Å². The van der Waals surface area contributed by atoms with Gasteiger partial charge in [0.05, 0.1) is 13.7 Å². The van der Waals surface area contributed by atoms with Crippen molar-refractivity contribution in [2.75, 3.05) is 20.8 Å². The molecule has 0 bridgehead atoms. The van der Waals surface area contributed by atoms with Crippen molar-refractivity contribution in [2.45, 2.75) is 25.4 Å². The van der Waals surface area contributed by atoms with E-state index in [4.69, 9.17) is 9.47 Å². The Labute approximate surface area is 108 Å². The topological polar surface area (TPSA) is 50.7 Å². The van der Waals surface area contributed by atoms with Gasteiger partial charge in [-0.1, -0.05) is 0 Å². The van der Waals surface area contributed by atoms with E-state index in [-0.39, 0.29) is 0 Å². The van der Waals surface area contributed by atoms with E-state index in [1.54, 1.807) is 26.4 Å². The quantitative estimate of drug-likeness (QED) is 0.777. The smallest absolute Gasteiger partial charge is 0.120 e. The summed E-state index contributed by atoms with van der Waals surface area (Å²) in [6, 6.07) is 5.66. The molecule has 1 aromatic carbocycles. The Morgan fingerprint density at radius 2 is 2.17 bits per heavy atom. The Balaban J connectivity index is 1.95. The van der Waals surface area contributed by atoms with Crippen LogP contribution in [0.3, 0.4) is 0 Å². The number of hydrogen-bond acceptors (Lipinski definition) is 4. The zero-order valence-corrected chi connectivity index (χ0v) is 11.0. The molecule has 0 spiro atoms. The first-order valence-electron chi connectivity index (χ1n) is 6.32. The Morgan fingerprint density at radius 3 is 2.78 bits per heavy atom. The Kier molecular flexibility index (Phi) is 4.44. The van der Waals surface area contributed by atoms with Crippen LogP contribution in [0, 0.1) is 5.92 Å². The maximum absolute atomic E-state index is 9.80. The molecule has 1 aromatic rings. The van der Waals surface area contributed by atoms with Crippen LogP contribution < -0.4 is 10.1 Å². The van der Waals surface area contributed by atoms with Crippen LogP contribution >= 0.6 is 0 Å². The second kappa shape index (κ2) is 6.07. The largest absolute Gasteiger partial charge is 0.508 e. The highest BCUT2D eigenvalue weighted by atomic mass is 16.5. The van der Waals surface area contributed by atoms with E-state index in [0.29, 0.717) is 18.3 Å². The van der Waals surface area contributed by atoms with Crippen LogP contribution in [0.25, 0.3) is 0 Å². The molecular weight excluding hydrogens is 230 g/mol. The number of phenols is 1. The number of hydrogen-bond donors (Lipinski definition) is 2. The fourth-order valence-corrected chi connectivity index (χ4v) is 2.11. The summed E-state index contributed by atoms with van der Waals surface area (Å²) < 4.78 is 10.4. The second-order valence-corrected chi connectivity index (χ2v) is 4.77. The van der Waals surface area contributed by atoms with Crippen molar-refractivity contribution in [3.8, 4) is 11.5 Å². The van der Waals surface area contributed by atoms with E-state index in [9.17, 15) is 5.11 Å². The second-order valence-electron chi connectivity index (χ2n) is 4.77. The summed E-state index contributed by atoms with van der Waals surface area (Å²) in [5.74, 6) is 1.78. The van der Waals surface area contributed by atoms with Gasteiger partial charge in [-0.05, 0) is 37.0 Å². The predicted octanol–water partition coefficient (Wildman–Crippen LogP) is 1.92. The summed E-state index contributed by atoms with van der Waals surface area (Å²) >= 11 is 0. The summed E-state index contributed by atoms with van der Waals surface area (Å²) in [5, 5.41) is 13.3. The molecule has 1 saturated carbocycles. The highest BCUT2D eigenvalue weighted by Crippen LogP contribution is 2.33. The van der Waals surface area contributed by atoms with Gasteiger partial charge >= 0.3 is 0 Å². The molecule has 0 saturated heterocycles. The average Bonchev–Trinajstić information content (AvgIpc) is 3.20. The molecule has 1 fully saturated rings. The van der Waals surface area contributed by atoms with Crippen LogP contribution in [0.1, 0.15) is 18.4 Å². The van der Waals surface area contributed by atoms with Crippen LogP contribution in [0.4, 0.5) is 0 Å². The van der Waals surface area contributed by atoms with Crippen LogP contribution in [0.15, 0.2) is 18.2 Å². The van der Waals surface area contributed by atoms with Gasteiger partial charge in [0.15, 0.2) is 0 Å². The van der Waals surface area contributed by atoms with Gasteiger partial charge in [-0.3, -0.25) is 0 Å². The number of ether oxygens (including phenoxy) is 2. The average molecular weight is 251 g/mol. The van der Waals surface area contributed by atoms with Gasteiger partial charge in [-0.25, -0.2) is 0 Å². The van der Waals surface area contributed by atoms with E-state index in [2.05, 4.69) is 5.32 Å². The van der Waals surface area contributed by atoms with Gasteiger partial charge in [0.2, 0.25) is 0 Å². The van der Waals surface area contributed by atoms with Gasteiger partial charge in [0, 0.05) is 25.3 Å². The first-order valence-corrected chi connectivity index (χ1v) is 6.32. The first-order chi connectivity index (χ1) is 8.74. The van der Waals surface area contributed by atoms with Crippen molar-refractivity contribution in [2.24, 2.45) is 5.92 Å². The van der Waals surface area contributed by atoms with E-state index in [0.717, 1.165) is 23.8 Å². The molecule has 0 aromatic heterocycles. The van der Waals surface area contributed by atoms with Crippen LogP contribution in [0.2, 0.25) is 0 Å². The van der Waals surface area contributed by atoms with Crippen molar-refractivity contribution in [3.05, 3.63) is 23.8 Å². The summed E-state index contributed by atoms with van der Waals surface area (Å²) in [5.41, 5.74) is 0.858. The molecule has 2 rings (SSSR count). The molecule has 0 heterocycles. The lowest BCUT2D eigenvalue weighted by Crippen LogP contribution is -2.34. The molecule has 18 heavy (non-hydrogen) atoms. The standard InChI is InChI=1S/C14H21NO3/c1-17-9-13(10-3-4-10)15-8-11-7-12(18-2)5-6-14(11)16/h5-7,10,13,15-16H,3-4,8-9H2,1-2H3/t13-/m1/s1. The lowest BCUT2D eigenvalue weighted by molar-refractivity contribution is 0.157. The Morgan fingerprint density at radius 1 is 1.39 bits per heavy atom. The van der Waals surface area contributed by atoms with Gasteiger partial charge in [-0.2, -0.15) is 0 Å². The monoisotopic (exact) mass is 251 g/mol. The van der Waals surface area contributed by atoms with Gasteiger partial charge in [0.25, 0.3) is 0 Å². The van der Waals surface area contributed by atoms with E-state index < -0.39 is 0 Å². The number of nitrogens with one attached hydrogen (secondary N) is 1. The van der Waals surface area contributed by atoms with Crippen molar-refractivity contribution < 1.29 is 14.6 Å². The normalized spacial score (nSPS) is 16.6. The molecular formula is C14H21NO3. The minimum Gasteiger partial charge on any atom is -0.508 e. The Bertz CT molecular complexity index is 391. The summed E-state index contributed by atoms with van der Waals surface area (Å²) in [6.07, 6.45) is 2.54. The number of benzene rings is 1. The van der Waals surface area contributed by atoms with Crippen LogP contribution in [-0.2, 0) is 11.3 Å². The highest BCUT2D eigenvalue weighted by molar-refractivity contribution is 5.39. The summed E-state index contributed by atoms with van der Waals surface area (Å²) in [6.45, 7) is 1.35. The van der Waals surface area contributed by atoms with Crippen molar-refractivity contribution in [1.82, 2.24) is 5.32 Å². The van der Waals surface area contributed by atoms with E-state index in [1.807, 2.05) is 6.07 Å². The molecule has 0 radical (unpaired) electrons. The molecule has 1 aliphatic carbocycles. The van der Waals surface area contributed by atoms with E-state index in [1.165, 1.54) is 12.8 Å². The molecule has 0 amide bonds. The molecule has 0 unspecified atom stereocenters. The van der Waals surface area contributed by atoms with Gasteiger partial charge in [0.1, 0.15) is 11.5 Å². The third-order valence-electron chi connectivity index (χ3n) is 3.38. The predicted molar refractivity (Wildman–Crippen MR) is 69.9 cm³/mol. The molecule has 4 heteroatoms. The number of phenolic OH excluding ortho intramolecular Hbond substituents is 1. The fraction of sp³-hybridized carbons (Fsp3) is 0.571. The molecule has 4 nitrogen and oxygen atoms in total. The number of methoxy groups -OCH3 is 2. The molecule has 0 aliphatic heterocycles. The molecule has 1 atom stereocenters. The zero-order chi connectivity index (χ0) is 13.0. The lowest BCUT2D eigenvalue weighted by atomic mass is 10.1. The third kappa shape index (κ3) is 3.37. The lowest BCUT2D eigenvalue weighted by Gasteiger charge is -2.18. The van der Waals surface area contributed by atoms with Crippen molar-refractivity contribution in [3.63, 3.8) is 0 Å². The zero-order valence-electron chi connectivity index (χ0n) is 11.0. The molecule has 1 aliphatic rings. The molecule has 2 N–H and O–H groups in total. The maximum Gasteiger partial charge on any atom is 0.120 e. The third-order valence-corrected chi connectivity index (χ3v) is 3.38. The minimum atomic E-state index is 0.301. The highest BCUT2D eigenvalue weighted by Gasteiger charge is 2.30. The first kappa shape index (κ1) is 13.2. The maximum atomic E-state index is 9.80. The fourth-order valence-electron chi connectivity index (χ4n) is 2.11. The SMILES string of the molecule is COC[C@@H](NCc1cc(OC)ccc1O)C1CC1. The van der Waals surface area contributed by atoms with Crippen LogP contribution in [-0.4, -0.2) is 32.0 Å². The number of aromatic hydroxyl groups is 1. The van der Waals surface area contributed by atoms with Crippen LogP contribution in [0.5, 0.6) is 11.5 Å². The van der Waals surface area contributed by atoms with Gasteiger partial charge < -0.3 is 19.9 Å². The van der Waals surface area contributed by atoms with Crippen molar-refractivity contribution in [1.29, 1.82) is 0 Å². The Hall–Kier alpha value is -1.26.